The number of aromatic nitrogens is 6. The second-order valence-corrected chi connectivity index (χ2v) is 5.92. The zero-order chi connectivity index (χ0) is 17.7. The van der Waals surface area contributed by atoms with Gasteiger partial charge in [0.15, 0.2) is 0 Å². The molecule has 4 heterocycles. The van der Waals surface area contributed by atoms with E-state index in [2.05, 4.69) is 15.3 Å². The van der Waals surface area contributed by atoms with E-state index in [-0.39, 0.29) is 5.56 Å². The van der Waals surface area contributed by atoms with Crippen molar-refractivity contribution >= 4 is 11.5 Å². The van der Waals surface area contributed by atoms with E-state index in [0.717, 1.165) is 33.7 Å². The number of carboxylic acids is 1. The molecule has 4 rings (SSSR count). The lowest BCUT2D eigenvalue weighted by molar-refractivity contribution is 0.0697. The molecule has 0 atom stereocenters. The number of aromatic carboxylic acids is 1. The zero-order valence-corrected chi connectivity index (χ0v) is 14.0. The van der Waals surface area contributed by atoms with Crippen molar-refractivity contribution < 1.29 is 9.90 Å². The Morgan fingerprint density at radius 3 is 2.64 bits per heavy atom. The molecule has 0 aliphatic rings. The number of rotatable bonds is 3. The average Bonchev–Trinajstić information content (AvgIpc) is 3.26. The number of pyridine rings is 1. The molecule has 8 heteroatoms. The third-order valence-electron chi connectivity index (χ3n) is 4.38. The van der Waals surface area contributed by atoms with Crippen LogP contribution in [0, 0.1) is 13.8 Å². The summed E-state index contributed by atoms with van der Waals surface area (Å²) in [6, 6.07) is 3.78. The van der Waals surface area contributed by atoms with Crippen LogP contribution in [-0.2, 0) is 7.05 Å². The van der Waals surface area contributed by atoms with Gasteiger partial charge in [-0.2, -0.15) is 15.3 Å². The molecule has 0 spiro atoms. The molecule has 0 radical (unpaired) electrons. The van der Waals surface area contributed by atoms with Gasteiger partial charge >= 0.3 is 5.97 Å². The quantitative estimate of drug-likeness (QED) is 0.619. The highest BCUT2D eigenvalue weighted by molar-refractivity contribution is 5.87. The number of carbonyl (C=O) groups is 1. The first kappa shape index (κ1) is 15.1. The Kier molecular flexibility index (Phi) is 3.21. The normalized spacial score (nSPS) is 11.3. The van der Waals surface area contributed by atoms with E-state index in [0.29, 0.717) is 0 Å². The van der Waals surface area contributed by atoms with Gasteiger partial charge in [0.05, 0.1) is 34.9 Å². The molecule has 0 aliphatic carbocycles. The summed E-state index contributed by atoms with van der Waals surface area (Å²) in [6.07, 6.45) is 6.48. The van der Waals surface area contributed by atoms with Gasteiger partial charge in [0.25, 0.3) is 0 Å². The first-order valence-corrected chi connectivity index (χ1v) is 7.72. The molecular weight excluding hydrogens is 320 g/mol. The van der Waals surface area contributed by atoms with E-state index in [4.69, 9.17) is 5.11 Å². The van der Waals surface area contributed by atoms with Crippen LogP contribution in [-0.4, -0.2) is 40.3 Å². The molecule has 25 heavy (non-hydrogen) atoms. The first-order valence-electron chi connectivity index (χ1n) is 7.72. The Bertz CT molecular complexity index is 1120. The van der Waals surface area contributed by atoms with Gasteiger partial charge in [-0.1, -0.05) is 0 Å². The maximum absolute atomic E-state index is 11.1. The highest BCUT2D eigenvalue weighted by atomic mass is 16.4. The highest BCUT2D eigenvalue weighted by Gasteiger charge is 2.17. The van der Waals surface area contributed by atoms with Crippen LogP contribution in [0.3, 0.4) is 0 Å². The van der Waals surface area contributed by atoms with Gasteiger partial charge in [-0.25, -0.2) is 14.0 Å². The Hall–Kier alpha value is -3.42. The molecule has 0 fully saturated rings. The number of hydrogen-bond acceptors (Lipinski definition) is 4. The van der Waals surface area contributed by atoms with E-state index < -0.39 is 5.97 Å². The monoisotopic (exact) mass is 336 g/mol. The fourth-order valence-corrected chi connectivity index (χ4v) is 3.04. The minimum absolute atomic E-state index is 0.146. The van der Waals surface area contributed by atoms with E-state index in [1.807, 2.05) is 50.1 Å². The van der Waals surface area contributed by atoms with Crippen LogP contribution < -0.4 is 0 Å². The van der Waals surface area contributed by atoms with Crippen molar-refractivity contribution in [2.45, 2.75) is 13.8 Å². The molecule has 0 bridgehead atoms. The predicted molar refractivity (Wildman–Crippen MR) is 90.9 cm³/mol. The Balaban J connectivity index is 1.89. The molecule has 4 aromatic rings. The van der Waals surface area contributed by atoms with Gasteiger partial charge in [-0.05, 0) is 26.0 Å². The van der Waals surface area contributed by atoms with E-state index in [1.165, 1.54) is 12.4 Å². The summed E-state index contributed by atoms with van der Waals surface area (Å²) in [4.78, 5) is 11.1. The topological polar surface area (TPSA) is 90.2 Å². The van der Waals surface area contributed by atoms with Crippen LogP contribution in [0.5, 0.6) is 0 Å². The standard InChI is InChI=1S/C17H16N6O2/c1-10-16(11(2)21(3)20-10)14-8-19-22-5-4-13(6-15(14)22)23-9-12(7-18-23)17(24)25/h4-9H,1-3H3,(H,24,25). The minimum atomic E-state index is -1.00. The van der Waals surface area contributed by atoms with Crippen LogP contribution in [0.15, 0.2) is 36.9 Å². The molecule has 0 unspecified atom stereocenters. The van der Waals surface area contributed by atoms with Crippen molar-refractivity contribution in [1.29, 1.82) is 0 Å². The second-order valence-electron chi connectivity index (χ2n) is 5.92. The Labute approximate surface area is 142 Å². The Morgan fingerprint density at radius 1 is 1.20 bits per heavy atom. The lowest BCUT2D eigenvalue weighted by Crippen LogP contribution is -1.97. The van der Waals surface area contributed by atoms with Crippen LogP contribution in [0.1, 0.15) is 21.7 Å². The average molecular weight is 336 g/mol. The van der Waals surface area contributed by atoms with Gasteiger partial charge in [-0.3, -0.25) is 4.68 Å². The lowest BCUT2D eigenvalue weighted by Gasteiger charge is -2.04. The third-order valence-corrected chi connectivity index (χ3v) is 4.38. The second kappa shape index (κ2) is 5.30. The summed E-state index contributed by atoms with van der Waals surface area (Å²) >= 11 is 0. The summed E-state index contributed by atoms with van der Waals surface area (Å²) < 4.78 is 5.18. The highest BCUT2D eigenvalue weighted by Crippen LogP contribution is 2.30. The molecular formula is C17H16N6O2. The number of carboxylic acid groups (broad SMARTS) is 1. The van der Waals surface area contributed by atoms with Crippen molar-refractivity contribution in [2.75, 3.05) is 0 Å². The first-order chi connectivity index (χ1) is 12.0. The predicted octanol–water partition coefficient (Wildman–Crippen LogP) is 2.24. The summed E-state index contributed by atoms with van der Waals surface area (Å²) in [5.41, 5.74) is 5.85. The van der Waals surface area contributed by atoms with Crippen molar-refractivity contribution in [3.63, 3.8) is 0 Å². The van der Waals surface area contributed by atoms with E-state index in [9.17, 15) is 4.79 Å². The molecule has 1 N–H and O–H groups in total. The van der Waals surface area contributed by atoms with Gasteiger partial charge in [0, 0.05) is 36.3 Å². The molecule has 0 saturated heterocycles. The number of aryl methyl sites for hydroxylation is 2. The van der Waals surface area contributed by atoms with Crippen molar-refractivity contribution in [1.82, 2.24) is 29.2 Å². The molecule has 8 nitrogen and oxygen atoms in total. The van der Waals surface area contributed by atoms with Gasteiger partial charge in [0.1, 0.15) is 0 Å². The van der Waals surface area contributed by atoms with Crippen LogP contribution in [0.4, 0.5) is 0 Å². The Morgan fingerprint density at radius 2 is 2.00 bits per heavy atom. The van der Waals surface area contributed by atoms with Crippen LogP contribution in [0.2, 0.25) is 0 Å². The fourth-order valence-electron chi connectivity index (χ4n) is 3.04. The van der Waals surface area contributed by atoms with Crippen LogP contribution in [0.25, 0.3) is 22.3 Å². The number of fused-ring (bicyclic) bond motifs is 1. The smallest absolute Gasteiger partial charge is 0.338 e. The van der Waals surface area contributed by atoms with Crippen molar-refractivity contribution in [3.05, 3.63) is 53.9 Å². The molecule has 126 valence electrons. The molecule has 0 aromatic carbocycles. The maximum atomic E-state index is 11.1. The molecule has 0 saturated carbocycles. The largest absolute Gasteiger partial charge is 0.478 e. The summed E-state index contributed by atoms with van der Waals surface area (Å²) in [6.45, 7) is 4.00. The van der Waals surface area contributed by atoms with Crippen LogP contribution >= 0.6 is 0 Å². The van der Waals surface area contributed by atoms with Gasteiger partial charge < -0.3 is 5.11 Å². The minimum Gasteiger partial charge on any atom is -0.478 e. The SMILES string of the molecule is Cc1nn(C)c(C)c1-c1cnn2ccc(-n3cc(C(=O)O)cn3)cc12. The third kappa shape index (κ3) is 2.30. The van der Waals surface area contributed by atoms with Gasteiger partial charge in [-0.15, -0.1) is 0 Å². The van der Waals surface area contributed by atoms with Crippen molar-refractivity contribution in [3.8, 4) is 16.8 Å². The van der Waals surface area contributed by atoms with Crippen molar-refractivity contribution in [2.24, 2.45) is 7.05 Å². The molecule has 4 aromatic heterocycles. The zero-order valence-electron chi connectivity index (χ0n) is 14.0. The maximum Gasteiger partial charge on any atom is 0.338 e. The van der Waals surface area contributed by atoms with Gasteiger partial charge in [0.2, 0.25) is 0 Å². The summed E-state index contributed by atoms with van der Waals surface area (Å²) in [7, 11) is 1.92. The number of hydrogen-bond donors (Lipinski definition) is 1. The summed E-state index contributed by atoms with van der Waals surface area (Å²) in [5.74, 6) is -1.00. The fraction of sp³-hybridized carbons (Fsp3) is 0.176. The van der Waals surface area contributed by atoms with E-state index >= 15 is 0 Å². The molecule has 0 aliphatic heterocycles. The lowest BCUT2D eigenvalue weighted by atomic mass is 10.1. The van der Waals surface area contributed by atoms with E-state index in [1.54, 1.807) is 9.20 Å². The molecule has 0 amide bonds. The summed E-state index contributed by atoms with van der Waals surface area (Å²) in [5, 5.41) is 22.1. The number of nitrogens with zero attached hydrogens (tertiary/aromatic N) is 6.